The summed E-state index contributed by atoms with van der Waals surface area (Å²) in [6, 6.07) is 19.3. The molecule has 0 aliphatic carbocycles. The Morgan fingerprint density at radius 1 is 1.00 bits per heavy atom. The number of imidazole rings is 1. The van der Waals surface area contributed by atoms with Crippen molar-refractivity contribution in [1.82, 2.24) is 9.55 Å². The molecular formula is C21H24N2S. The summed E-state index contributed by atoms with van der Waals surface area (Å²) >= 11 is 1.84. The third-order valence-electron chi connectivity index (χ3n) is 3.90. The van der Waals surface area contributed by atoms with Crippen LogP contribution in [0, 0.1) is 12.8 Å². The Hall–Kier alpha value is -2.00. The summed E-state index contributed by atoms with van der Waals surface area (Å²) < 4.78 is 2.34. The maximum absolute atomic E-state index is 4.71. The van der Waals surface area contributed by atoms with Gasteiger partial charge < -0.3 is 4.57 Å². The normalized spacial score (nSPS) is 11.2. The van der Waals surface area contributed by atoms with E-state index in [4.69, 9.17) is 4.98 Å². The van der Waals surface area contributed by atoms with Crippen molar-refractivity contribution in [1.29, 1.82) is 0 Å². The first-order chi connectivity index (χ1) is 11.6. The number of benzene rings is 2. The molecule has 0 aliphatic rings. The van der Waals surface area contributed by atoms with Crippen LogP contribution in [-0.2, 0) is 6.54 Å². The van der Waals surface area contributed by atoms with Gasteiger partial charge in [0.15, 0.2) is 5.16 Å². The Balaban J connectivity index is 1.97. The van der Waals surface area contributed by atoms with Gasteiger partial charge in [0.05, 0.1) is 18.4 Å². The molecule has 0 radical (unpaired) electrons. The van der Waals surface area contributed by atoms with Gasteiger partial charge in [-0.3, -0.25) is 0 Å². The molecule has 1 aromatic heterocycles. The van der Waals surface area contributed by atoms with Gasteiger partial charge in [-0.1, -0.05) is 85.8 Å². The van der Waals surface area contributed by atoms with Crippen LogP contribution in [0.3, 0.4) is 0 Å². The topological polar surface area (TPSA) is 17.8 Å². The molecular weight excluding hydrogens is 312 g/mol. The minimum Gasteiger partial charge on any atom is -0.314 e. The maximum atomic E-state index is 4.71. The van der Waals surface area contributed by atoms with Crippen LogP contribution in [0.15, 0.2) is 66.0 Å². The molecule has 0 saturated heterocycles. The number of nitrogens with zero attached hydrogens (tertiary/aromatic N) is 2. The van der Waals surface area contributed by atoms with E-state index in [2.05, 4.69) is 79.9 Å². The van der Waals surface area contributed by atoms with Crippen LogP contribution in [0.2, 0.25) is 0 Å². The van der Waals surface area contributed by atoms with E-state index in [1.54, 1.807) is 0 Å². The number of hydrogen-bond donors (Lipinski definition) is 0. The van der Waals surface area contributed by atoms with E-state index in [1.165, 1.54) is 22.4 Å². The van der Waals surface area contributed by atoms with E-state index in [-0.39, 0.29) is 0 Å². The highest BCUT2D eigenvalue weighted by molar-refractivity contribution is 7.99. The van der Waals surface area contributed by atoms with Crippen molar-refractivity contribution in [2.45, 2.75) is 32.5 Å². The third-order valence-corrected chi connectivity index (χ3v) is 5.31. The fraction of sp³-hybridized carbons (Fsp3) is 0.286. The Bertz CT molecular complexity index is 773. The second-order valence-corrected chi connectivity index (χ2v) is 7.56. The molecule has 3 rings (SSSR count). The lowest BCUT2D eigenvalue weighted by Gasteiger charge is -2.13. The zero-order valence-electron chi connectivity index (χ0n) is 14.6. The predicted octanol–water partition coefficient (Wildman–Crippen LogP) is 5.65. The summed E-state index contributed by atoms with van der Waals surface area (Å²) in [5, 5.41) is 1.10. The molecule has 0 atom stereocenters. The van der Waals surface area contributed by atoms with Crippen molar-refractivity contribution in [2.24, 2.45) is 5.92 Å². The Morgan fingerprint density at radius 2 is 1.71 bits per heavy atom. The molecule has 24 heavy (non-hydrogen) atoms. The van der Waals surface area contributed by atoms with Gasteiger partial charge in [0.2, 0.25) is 0 Å². The summed E-state index contributed by atoms with van der Waals surface area (Å²) in [5.74, 6) is 1.73. The van der Waals surface area contributed by atoms with Crippen molar-refractivity contribution in [3.05, 3.63) is 71.9 Å². The number of aromatic nitrogens is 2. The number of thioether (sulfide) groups is 1. The lowest BCUT2D eigenvalue weighted by Crippen LogP contribution is -2.04. The monoisotopic (exact) mass is 336 g/mol. The van der Waals surface area contributed by atoms with E-state index in [9.17, 15) is 0 Å². The first-order valence-corrected chi connectivity index (χ1v) is 9.41. The maximum Gasteiger partial charge on any atom is 0.168 e. The number of aryl methyl sites for hydroxylation is 1. The van der Waals surface area contributed by atoms with Crippen molar-refractivity contribution in [2.75, 3.05) is 5.75 Å². The van der Waals surface area contributed by atoms with Crippen LogP contribution < -0.4 is 0 Å². The first kappa shape index (κ1) is 16.8. The van der Waals surface area contributed by atoms with Gasteiger partial charge in [0.1, 0.15) is 0 Å². The predicted molar refractivity (Wildman–Crippen MR) is 104 cm³/mol. The molecule has 2 nitrogen and oxygen atoms in total. The van der Waals surface area contributed by atoms with Crippen LogP contribution in [-0.4, -0.2) is 15.3 Å². The van der Waals surface area contributed by atoms with Crippen LogP contribution in [0.1, 0.15) is 25.0 Å². The van der Waals surface area contributed by atoms with E-state index in [0.29, 0.717) is 5.92 Å². The molecule has 3 aromatic rings. The van der Waals surface area contributed by atoms with Crippen LogP contribution in [0.5, 0.6) is 0 Å². The molecule has 0 fully saturated rings. The molecule has 2 aromatic carbocycles. The Kier molecular flexibility index (Phi) is 5.41. The highest BCUT2D eigenvalue weighted by Gasteiger charge is 2.13. The SMILES string of the molecule is Cc1ccc(-c2cnc(SCC(C)C)n2Cc2ccccc2)cc1. The van der Waals surface area contributed by atoms with Gasteiger partial charge >= 0.3 is 0 Å². The van der Waals surface area contributed by atoms with Gasteiger partial charge in [0.25, 0.3) is 0 Å². The molecule has 0 bridgehead atoms. The number of rotatable bonds is 6. The molecule has 0 saturated carbocycles. The third kappa shape index (κ3) is 4.09. The van der Waals surface area contributed by atoms with Crippen molar-refractivity contribution in [3.8, 4) is 11.3 Å². The fourth-order valence-corrected chi connectivity index (χ4v) is 3.52. The summed E-state index contributed by atoms with van der Waals surface area (Å²) in [6.45, 7) is 7.47. The molecule has 124 valence electrons. The minimum absolute atomic E-state index is 0.653. The van der Waals surface area contributed by atoms with Crippen LogP contribution in [0.25, 0.3) is 11.3 Å². The highest BCUT2D eigenvalue weighted by Crippen LogP contribution is 2.28. The Morgan fingerprint density at radius 3 is 2.38 bits per heavy atom. The van der Waals surface area contributed by atoms with Crippen molar-refractivity contribution >= 4 is 11.8 Å². The average molecular weight is 337 g/mol. The quantitative estimate of drug-likeness (QED) is 0.541. The molecule has 0 spiro atoms. The largest absolute Gasteiger partial charge is 0.314 e. The van der Waals surface area contributed by atoms with E-state index < -0.39 is 0 Å². The standard InChI is InChI=1S/C21H24N2S/c1-16(2)15-24-21-22-13-20(19-11-9-17(3)10-12-19)23(21)14-18-7-5-4-6-8-18/h4-13,16H,14-15H2,1-3H3. The van der Waals surface area contributed by atoms with Crippen LogP contribution in [0.4, 0.5) is 0 Å². The highest BCUT2D eigenvalue weighted by atomic mass is 32.2. The van der Waals surface area contributed by atoms with E-state index in [1.807, 2.05) is 18.0 Å². The van der Waals surface area contributed by atoms with Gasteiger partial charge in [0, 0.05) is 5.75 Å². The first-order valence-electron chi connectivity index (χ1n) is 8.43. The van der Waals surface area contributed by atoms with E-state index in [0.717, 1.165) is 17.5 Å². The van der Waals surface area contributed by atoms with Crippen molar-refractivity contribution in [3.63, 3.8) is 0 Å². The van der Waals surface area contributed by atoms with Crippen LogP contribution >= 0.6 is 11.8 Å². The molecule has 1 heterocycles. The van der Waals surface area contributed by atoms with Crippen molar-refractivity contribution < 1.29 is 0 Å². The summed E-state index contributed by atoms with van der Waals surface area (Å²) in [7, 11) is 0. The van der Waals surface area contributed by atoms with Gasteiger partial charge in [-0.15, -0.1) is 0 Å². The lowest BCUT2D eigenvalue weighted by molar-refractivity contribution is 0.705. The molecule has 0 N–H and O–H groups in total. The fourth-order valence-electron chi connectivity index (χ4n) is 2.59. The second-order valence-electron chi connectivity index (χ2n) is 6.57. The summed E-state index contributed by atoms with van der Waals surface area (Å²) in [6.07, 6.45) is 2.01. The van der Waals surface area contributed by atoms with Gasteiger partial charge in [-0.2, -0.15) is 0 Å². The molecule has 3 heteroatoms. The zero-order chi connectivity index (χ0) is 16.9. The van der Waals surface area contributed by atoms with Gasteiger partial charge in [-0.25, -0.2) is 4.98 Å². The zero-order valence-corrected chi connectivity index (χ0v) is 15.4. The molecule has 0 unspecified atom stereocenters. The minimum atomic E-state index is 0.653. The smallest absolute Gasteiger partial charge is 0.168 e. The van der Waals surface area contributed by atoms with E-state index >= 15 is 0 Å². The van der Waals surface area contributed by atoms with Gasteiger partial charge in [-0.05, 0) is 24.0 Å². The summed E-state index contributed by atoms with van der Waals surface area (Å²) in [4.78, 5) is 4.71. The average Bonchev–Trinajstić information content (AvgIpc) is 2.97. The molecule has 0 aliphatic heterocycles. The second kappa shape index (κ2) is 7.71. The molecule has 0 amide bonds. The summed E-state index contributed by atoms with van der Waals surface area (Å²) in [5.41, 5.74) is 4.99. The number of hydrogen-bond acceptors (Lipinski definition) is 2. The lowest BCUT2D eigenvalue weighted by atomic mass is 10.1. The Labute approximate surface area is 148 Å².